The molecule has 0 N–H and O–H groups in total. The van der Waals surface area contributed by atoms with Crippen LogP contribution in [0.2, 0.25) is 10.0 Å². The molecule has 20 heavy (non-hydrogen) atoms. The number of halogens is 2. The van der Waals surface area contributed by atoms with E-state index in [1.807, 2.05) is 12.1 Å². The summed E-state index contributed by atoms with van der Waals surface area (Å²) in [5.74, 6) is 0. The van der Waals surface area contributed by atoms with Gasteiger partial charge in [-0.25, -0.2) is 0 Å². The maximum absolute atomic E-state index is 5.55. The Morgan fingerprint density at radius 1 is 0.400 bits per heavy atom. The molecule has 3 aromatic carbocycles. The Morgan fingerprint density at radius 3 is 1.00 bits per heavy atom. The minimum absolute atomic E-state index is 0.717. The summed E-state index contributed by atoms with van der Waals surface area (Å²) in [7, 11) is 0. The SMILES string of the molecule is Clc1ccc(Cl)cc1.c1ccc(-c2ccccc2)cc1. The van der Waals surface area contributed by atoms with Gasteiger partial charge >= 0.3 is 0 Å². The molecule has 0 saturated heterocycles. The zero-order valence-electron chi connectivity index (χ0n) is 10.8. The van der Waals surface area contributed by atoms with Gasteiger partial charge in [-0.05, 0) is 35.4 Å². The highest BCUT2D eigenvalue weighted by molar-refractivity contribution is 6.32. The van der Waals surface area contributed by atoms with E-state index in [9.17, 15) is 0 Å². The van der Waals surface area contributed by atoms with Crippen molar-refractivity contribution in [3.8, 4) is 11.1 Å². The van der Waals surface area contributed by atoms with Crippen LogP contribution in [0.1, 0.15) is 0 Å². The van der Waals surface area contributed by atoms with Crippen molar-refractivity contribution in [2.24, 2.45) is 0 Å². The van der Waals surface area contributed by atoms with Crippen LogP contribution >= 0.6 is 23.2 Å². The van der Waals surface area contributed by atoms with E-state index in [1.165, 1.54) is 11.1 Å². The molecule has 0 aliphatic carbocycles. The molecular weight excluding hydrogens is 287 g/mol. The Kier molecular flexibility index (Phi) is 5.67. The molecule has 3 rings (SSSR count). The first-order chi connectivity index (χ1) is 9.75. The molecule has 0 radical (unpaired) electrons. The number of hydrogen-bond acceptors (Lipinski definition) is 0. The van der Waals surface area contributed by atoms with E-state index in [4.69, 9.17) is 23.2 Å². The van der Waals surface area contributed by atoms with Crippen molar-refractivity contribution >= 4 is 23.2 Å². The number of benzene rings is 3. The molecule has 0 aliphatic heterocycles. The molecule has 0 saturated carbocycles. The third-order valence-electron chi connectivity index (χ3n) is 2.68. The van der Waals surface area contributed by atoms with Crippen molar-refractivity contribution in [3.63, 3.8) is 0 Å². The van der Waals surface area contributed by atoms with Gasteiger partial charge in [0.1, 0.15) is 0 Å². The van der Waals surface area contributed by atoms with Gasteiger partial charge in [-0.3, -0.25) is 0 Å². The standard InChI is InChI=1S/C12H10.C6H4Cl2/c1-3-7-11(8-4-1)12-9-5-2-6-10-12;7-5-1-2-6(8)4-3-5/h1-10H;1-4H. The topological polar surface area (TPSA) is 0 Å². The zero-order chi connectivity index (χ0) is 14.2. The summed E-state index contributed by atoms with van der Waals surface area (Å²) in [6.07, 6.45) is 0. The fourth-order valence-electron chi connectivity index (χ4n) is 1.69. The van der Waals surface area contributed by atoms with Gasteiger partial charge in [0.05, 0.1) is 0 Å². The van der Waals surface area contributed by atoms with E-state index in [0.29, 0.717) is 0 Å². The van der Waals surface area contributed by atoms with E-state index in [-0.39, 0.29) is 0 Å². The van der Waals surface area contributed by atoms with Crippen molar-refractivity contribution in [2.45, 2.75) is 0 Å². The molecule has 0 unspecified atom stereocenters. The van der Waals surface area contributed by atoms with Crippen molar-refractivity contribution < 1.29 is 0 Å². The quantitative estimate of drug-likeness (QED) is 0.491. The second-order valence-electron chi connectivity index (χ2n) is 4.17. The Balaban J connectivity index is 0.000000160. The van der Waals surface area contributed by atoms with Gasteiger partial charge in [0, 0.05) is 10.0 Å². The lowest BCUT2D eigenvalue weighted by atomic mass is 10.1. The summed E-state index contributed by atoms with van der Waals surface area (Å²) in [6.45, 7) is 0. The van der Waals surface area contributed by atoms with Crippen LogP contribution in [0.4, 0.5) is 0 Å². The lowest BCUT2D eigenvalue weighted by Crippen LogP contribution is -1.73. The van der Waals surface area contributed by atoms with Crippen LogP contribution in [0.15, 0.2) is 84.9 Å². The average Bonchev–Trinajstić information content (AvgIpc) is 2.53. The van der Waals surface area contributed by atoms with Gasteiger partial charge in [0.2, 0.25) is 0 Å². The predicted molar refractivity (Wildman–Crippen MR) is 88.3 cm³/mol. The Labute approximate surface area is 129 Å². The summed E-state index contributed by atoms with van der Waals surface area (Å²) in [5.41, 5.74) is 2.55. The smallest absolute Gasteiger partial charge is 0.0407 e. The Hall–Kier alpha value is -1.76. The van der Waals surface area contributed by atoms with Crippen molar-refractivity contribution in [2.75, 3.05) is 0 Å². The van der Waals surface area contributed by atoms with Crippen LogP contribution in [0.3, 0.4) is 0 Å². The van der Waals surface area contributed by atoms with Crippen LogP contribution in [-0.4, -0.2) is 0 Å². The third-order valence-corrected chi connectivity index (χ3v) is 3.19. The molecular formula is C18H14Cl2. The average molecular weight is 301 g/mol. The van der Waals surface area contributed by atoms with Gasteiger partial charge in [-0.15, -0.1) is 0 Å². The normalized spacial score (nSPS) is 9.50. The van der Waals surface area contributed by atoms with Gasteiger partial charge in [0.25, 0.3) is 0 Å². The highest BCUT2D eigenvalue weighted by atomic mass is 35.5. The highest BCUT2D eigenvalue weighted by Gasteiger charge is 1.91. The van der Waals surface area contributed by atoms with E-state index in [2.05, 4.69) is 48.5 Å². The van der Waals surface area contributed by atoms with Crippen LogP contribution < -0.4 is 0 Å². The highest BCUT2D eigenvalue weighted by Crippen LogP contribution is 2.17. The fourth-order valence-corrected chi connectivity index (χ4v) is 1.94. The Morgan fingerprint density at radius 2 is 0.700 bits per heavy atom. The van der Waals surface area contributed by atoms with Crippen molar-refractivity contribution in [1.82, 2.24) is 0 Å². The molecule has 0 spiro atoms. The first-order valence-corrected chi connectivity index (χ1v) is 7.03. The number of hydrogen-bond donors (Lipinski definition) is 0. The third kappa shape index (κ3) is 4.73. The van der Waals surface area contributed by atoms with Crippen LogP contribution in [-0.2, 0) is 0 Å². The molecule has 0 aromatic heterocycles. The van der Waals surface area contributed by atoms with E-state index >= 15 is 0 Å². The summed E-state index contributed by atoms with van der Waals surface area (Å²) in [4.78, 5) is 0. The monoisotopic (exact) mass is 300 g/mol. The lowest BCUT2D eigenvalue weighted by Gasteiger charge is -1.98. The molecule has 0 fully saturated rings. The van der Waals surface area contributed by atoms with Gasteiger partial charge in [0.15, 0.2) is 0 Å². The summed E-state index contributed by atoms with van der Waals surface area (Å²) in [6, 6.07) is 27.8. The lowest BCUT2D eigenvalue weighted by molar-refractivity contribution is 1.62. The Bertz CT molecular complexity index is 558. The van der Waals surface area contributed by atoms with E-state index in [1.54, 1.807) is 24.3 Å². The van der Waals surface area contributed by atoms with Gasteiger partial charge in [-0.2, -0.15) is 0 Å². The molecule has 3 aromatic rings. The maximum atomic E-state index is 5.55. The first kappa shape index (κ1) is 14.6. The minimum Gasteiger partial charge on any atom is -0.0843 e. The molecule has 0 aliphatic rings. The van der Waals surface area contributed by atoms with Crippen LogP contribution in [0.25, 0.3) is 11.1 Å². The maximum Gasteiger partial charge on any atom is 0.0407 e. The molecule has 0 atom stereocenters. The van der Waals surface area contributed by atoms with Crippen molar-refractivity contribution in [3.05, 3.63) is 95.0 Å². The second kappa shape index (κ2) is 7.74. The van der Waals surface area contributed by atoms with Crippen LogP contribution in [0.5, 0.6) is 0 Å². The summed E-state index contributed by atoms with van der Waals surface area (Å²) < 4.78 is 0. The van der Waals surface area contributed by atoms with Gasteiger partial charge in [-0.1, -0.05) is 83.9 Å². The molecule has 0 nitrogen and oxygen atoms in total. The molecule has 100 valence electrons. The van der Waals surface area contributed by atoms with E-state index in [0.717, 1.165) is 10.0 Å². The second-order valence-corrected chi connectivity index (χ2v) is 5.04. The minimum atomic E-state index is 0.717. The number of rotatable bonds is 1. The van der Waals surface area contributed by atoms with Crippen LogP contribution in [0, 0.1) is 0 Å². The van der Waals surface area contributed by atoms with E-state index < -0.39 is 0 Å². The molecule has 0 bridgehead atoms. The largest absolute Gasteiger partial charge is 0.0843 e. The summed E-state index contributed by atoms with van der Waals surface area (Å²) in [5, 5.41) is 1.43. The molecule has 2 heteroatoms. The van der Waals surface area contributed by atoms with Crippen molar-refractivity contribution in [1.29, 1.82) is 0 Å². The summed E-state index contributed by atoms with van der Waals surface area (Å²) >= 11 is 11.1. The zero-order valence-corrected chi connectivity index (χ0v) is 12.4. The molecule has 0 heterocycles. The fraction of sp³-hybridized carbons (Fsp3) is 0. The first-order valence-electron chi connectivity index (χ1n) is 6.27. The molecule has 0 amide bonds. The van der Waals surface area contributed by atoms with Gasteiger partial charge < -0.3 is 0 Å². The predicted octanol–water partition coefficient (Wildman–Crippen LogP) is 6.35.